The maximum atomic E-state index is 11.9. The summed E-state index contributed by atoms with van der Waals surface area (Å²) >= 11 is 0. The molecule has 1 unspecified atom stereocenters. The Balaban J connectivity index is 1.87. The zero-order chi connectivity index (χ0) is 16.1. The third-order valence-corrected chi connectivity index (χ3v) is 3.47. The minimum atomic E-state index is -1.28. The summed E-state index contributed by atoms with van der Waals surface area (Å²) in [6.45, 7) is 1.93. The summed E-state index contributed by atoms with van der Waals surface area (Å²) in [6, 6.07) is 8.56. The van der Waals surface area contributed by atoms with Crippen molar-refractivity contribution in [2.24, 2.45) is 0 Å². The lowest BCUT2D eigenvalue weighted by molar-refractivity contribution is -0.174. The Hall–Kier alpha value is -1.51. The molecule has 2 rings (SSSR count). The van der Waals surface area contributed by atoms with Gasteiger partial charge in [0, 0.05) is 18.7 Å². The van der Waals surface area contributed by atoms with Gasteiger partial charge in [0.25, 0.3) is 5.91 Å². The molecule has 1 aromatic rings. The molecule has 7 nitrogen and oxygen atoms in total. The first-order valence-electron chi connectivity index (χ1n) is 7.19. The van der Waals surface area contributed by atoms with E-state index in [4.69, 9.17) is 9.47 Å². The Kier molecular flexibility index (Phi) is 5.87. The van der Waals surface area contributed by atoms with Crippen molar-refractivity contribution in [3.8, 4) is 0 Å². The standard InChI is InChI=1S/C15H21NO6/c1-2-21-15-12(19)11(18)13(22-15)10(17)8-16-14(20)9-6-4-3-5-7-9/h3-7,10-13,15,17-19H,2,8H2,1H3,(H,16,20)/t10-,11-,12-,13+,15?/m1/s1. The van der Waals surface area contributed by atoms with Crippen molar-refractivity contribution in [1.82, 2.24) is 5.32 Å². The fourth-order valence-electron chi connectivity index (χ4n) is 2.30. The van der Waals surface area contributed by atoms with Crippen LogP contribution in [-0.2, 0) is 9.47 Å². The number of ether oxygens (including phenoxy) is 2. The highest BCUT2D eigenvalue weighted by Gasteiger charge is 2.46. The molecule has 1 fully saturated rings. The second kappa shape index (κ2) is 7.66. The fraction of sp³-hybridized carbons (Fsp3) is 0.533. The van der Waals surface area contributed by atoms with E-state index < -0.39 is 30.7 Å². The topological polar surface area (TPSA) is 108 Å². The summed E-state index contributed by atoms with van der Waals surface area (Å²) in [4.78, 5) is 11.9. The van der Waals surface area contributed by atoms with Gasteiger partial charge >= 0.3 is 0 Å². The third kappa shape index (κ3) is 3.82. The van der Waals surface area contributed by atoms with E-state index in [9.17, 15) is 20.1 Å². The molecule has 1 aliphatic heterocycles. The summed E-state index contributed by atoms with van der Waals surface area (Å²) in [6.07, 6.45) is -5.68. The fourth-order valence-corrected chi connectivity index (χ4v) is 2.30. The minimum Gasteiger partial charge on any atom is -0.388 e. The van der Waals surface area contributed by atoms with Crippen molar-refractivity contribution in [1.29, 1.82) is 0 Å². The molecule has 1 saturated heterocycles. The number of nitrogens with one attached hydrogen (secondary N) is 1. The van der Waals surface area contributed by atoms with Gasteiger partial charge in [-0.2, -0.15) is 0 Å². The second-order valence-corrected chi connectivity index (χ2v) is 5.05. The molecule has 0 aromatic heterocycles. The van der Waals surface area contributed by atoms with Gasteiger partial charge in [0.05, 0.1) is 0 Å². The minimum absolute atomic E-state index is 0.110. The molecule has 4 N–H and O–H groups in total. The Labute approximate surface area is 128 Å². The number of carbonyl (C=O) groups is 1. The van der Waals surface area contributed by atoms with E-state index in [1.165, 1.54) is 0 Å². The average molecular weight is 311 g/mol. The Morgan fingerprint density at radius 3 is 2.64 bits per heavy atom. The molecule has 0 radical (unpaired) electrons. The number of hydrogen-bond acceptors (Lipinski definition) is 6. The Morgan fingerprint density at radius 1 is 1.32 bits per heavy atom. The Bertz CT molecular complexity index is 482. The zero-order valence-corrected chi connectivity index (χ0v) is 12.3. The van der Waals surface area contributed by atoms with Gasteiger partial charge in [-0.05, 0) is 19.1 Å². The number of rotatable bonds is 6. The van der Waals surface area contributed by atoms with Crippen molar-refractivity contribution in [2.45, 2.75) is 37.6 Å². The number of amides is 1. The van der Waals surface area contributed by atoms with Crippen molar-refractivity contribution < 1.29 is 29.6 Å². The van der Waals surface area contributed by atoms with Crippen LogP contribution in [0.1, 0.15) is 17.3 Å². The Morgan fingerprint density at radius 2 is 2.00 bits per heavy atom. The first-order chi connectivity index (χ1) is 10.5. The smallest absolute Gasteiger partial charge is 0.251 e. The molecular weight excluding hydrogens is 290 g/mol. The number of benzene rings is 1. The van der Waals surface area contributed by atoms with Gasteiger partial charge in [-0.25, -0.2) is 0 Å². The molecule has 0 aliphatic carbocycles. The van der Waals surface area contributed by atoms with Crippen LogP contribution in [-0.4, -0.2) is 65.1 Å². The van der Waals surface area contributed by atoms with E-state index in [1.807, 2.05) is 0 Å². The van der Waals surface area contributed by atoms with E-state index in [-0.39, 0.29) is 12.5 Å². The quantitative estimate of drug-likeness (QED) is 0.551. The van der Waals surface area contributed by atoms with Crippen LogP contribution in [0, 0.1) is 0 Å². The van der Waals surface area contributed by atoms with E-state index in [2.05, 4.69) is 5.32 Å². The molecule has 1 aliphatic rings. The van der Waals surface area contributed by atoms with Gasteiger partial charge < -0.3 is 30.1 Å². The maximum Gasteiger partial charge on any atom is 0.251 e. The molecule has 1 heterocycles. The molecule has 7 heteroatoms. The van der Waals surface area contributed by atoms with E-state index in [0.717, 1.165) is 0 Å². The molecule has 22 heavy (non-hydrogen) atoms. The molecule has 5 atom stereocenters. The average Bonchev–Trinajstić information content (AvgIpc) is 2.82. The van der Waals surface area contributed by atoms with Gasteiger partial charge in [-0.1, -0.05) is 18.2 Å². The molecule has 0 spiro atoms. The van der Waals surface area contributed by atoms with Crippen molar-refractivity contribution in [3.05, 3.63) is 35.9 Å². The van der Waals surface area contributed by atoms with Crippen molar-refractivity contribution in [2.75, 3.05) is 13.2 Å². The van der Waals surface area contributed by atoms with Crippen LogP contribution in [0.25, 0.3) is 0 Å². The molecule has 1 aromatic carbocycles. The highest BCUT2D eigenvalue weighted by atomic mass is 16.7. The number of aliphatic hydroxyl groups excluding tert-OH is 3. The summed E-state index contributed by atoms with van der Waals surface area (Å²) in [5.74, 6) is -0.339. The SMILES string of the molecule is CCOC1O[C@@H]([C@H](O)CNC(=O)c2ccccc2)[C@H](O)[C@H]1O. The van der Waals surface area contributed by atoms with Crippen LogP contribution < -0.4 is 5.32 Å². The van der Waals surface area contributed by atoms with Crippen LogP contribution >= 0.6 is 0 Å². The molecule has 122 valence electrons. The summed E-state index contributed by atoms with van der Waals surface area (Å²) in [7, 11) is 0. The molecule has 1 amide bonds. The lowest BCUT2D eigenvalue weighted by Crippen LogP contribution is -2.45. The van der Waals surface area contributed by atoms with Gasteiger partial charge in [-0.3, -0.25) is 4.79 Å². The third-order valence-electron chi connectivity index (χ3n) is 3.47. The summed E-state index contributed by atoms with van der Waals surface area (Å²) in [5, 5.41) is 32.3. The molecular formula is C15H21NO6. The van der Waals surface area contributed by atoms with Gasteiger partial charge in [-0.15, -0.1) is 0 Å². The van der Waals surface area contributed by atoms with Crippen LogP contribution in [0.3, 0.4) is 0 Å². The maximum absolute atomic E-state index is 11.9. The summed E-state index contributed by atoms with van der Waals surface area (Å²) < 4.78 is 10.4. The highest BCUT2D eigenvalue weighted by Crippen LogP contribution is 2.24. The van der Waals surface area contributed by atoms with Gasteiger partial charge in [0.2, 0.25) is 0 Å². The van der Waals surface area contributed by atoms with Crippen molar-refractivity contribution >= 4 is 5.91 Å². The number of aliphatic hydroxyl groups is 3. The van der Waals surface area contributed by atoms with Crippen LogP contribution in [0.2, 0.25) is 0 Å². The largest absolute Gasteiger partial charge is 0.388 e. The van der Waals surface area contributed by atoms with Crippen LogP contribution in [0.5, 0.6) is 0 Å². The van der Waals surface area contributed by atoms with Crippen LogP contribution in [0.4, 0.5) is 0 Å². The lowest BCUT2D eigenvalue weighted by Gasteiger charge is -2.21. The highest BCUT2D eigenvalue weighted by molar-refractivity contribution is 5.94. The van der Waals surface area contributed by atoms with E-state index in [0.29, 0.717) is 12.2 Å². The lowest BCUT2D eigenvalue weighted by atomic mass is 10.1. The summed E-state index contributed by atoms with van der Waals surface area (Å²) in [5.41, 5.74) is 0.467. The number of hydrogen-bond donors (Lipinski definition) is 4. The monoisotopic (exact) mass is 311 g/mol. The van der Waals surface area contributed by atoms with Crippen LogP contribution in [0.15, 0.2) is 30.3 Å². The first-order valence-corrected chi connectivity index (χ1v) is 7.19. The van der Waals surface area contributed by atoms with Gasteiger partial charge in [0.1, 0.15) is 24.4 Å². The first kappa shape index (κ1) is 16.9. The van der Waals surface area contributed by atoms with Crippen molar-refractivity contribution in [3.63, 3.8) is 0 Å². The molecule has 0 bridgehead atoms. The normalized spacial score (nSPS) is 29.3. The second-order valence-electron chi connectivity index (χ2n) is 5.05. The predicted molar refractivity (Wildman–Crippen MR) is 77.1 cm³/mol. The zero-order valence-electron chi connectivity index (χ0n) is 12.3. The van der Waals surface area contributed by atoms with E-state index in [1.54, 1.807) is 37.3 Å². The van der Waals surface area contributed by atoms with Gasteiger partial charge in [0.15, 0.2) is 6.29 Å². The van der Waals surface area contributed by atoms with E-state index >= 15 is 0 Å². The predicted octanol–water partition coefficient (Wildman–Crippen LogP) is -0.740. The molecule has 0 saturated carbocycles. The number of carbonyl (C=O) groups excluding carboxylic acids is 1.